The molecule has 1 amide bonds. The van der Waals surface area contributed by atoms with Crippen molar-refractivity contribution in [3.63, 3.8) is 0 Å². The number of carboxylic acid groups (broad SMARTS) is 2. The zero-order valence-corrected chi connectivity index (χ0v) is 16.5. The molecule has 2 aromatic rings. The number of aliphatic carboxylic acids is 1. The van der Waals surface area contributed by atoms with Crippen LogP contribution in [0.5, 0.6) is 0 Å². The van der Waals surface area contributed by atoms with Crippen LogP contribution in [0.1, 0.15) is 34.6 Å². The van der Waals surface area contributed by atoms with Gasteiger partial charge in [0.2, 0.25) is 0 Å². The molecule has 2 aromatic carbocycles. The summed E-state index contributed by atoms with van der Waals surface area (Å²) in [6, 6.07) is 9.89. The minimum Gasteiger partial charge on any atom is -0.478 e. The second-order valence-corrected chi connectivity index (χ2v) is 5.97. The summed E-state index contributed by atoms with van der Waals surface area (Å²) in [7, 11) is 0. The number of benzene rings is 2. The van der Waals surface area contributed by atoms with E-state index in [1.807, 2.05) is 18.7 Å². The van der Waals surface area contributed by atoms with Crippen LogP contribution in [0.2, 0.25) is 0 Å². The molecule has 11 heteroatoms. The summed E-state index contributed by atoms with van der Waals surface area (Å²) in [6.45, 7) is 5.24. The molecule has 0 aromatic heterocycles. The first-order valence-corrected chi connectivity index (χ1v) is 8.90. The van der Waals surface area contributed by atoms with Gasteiger partial charge in [0.15, 0.2) is 0 Å². The first kappa shape index (κ1) is 25.4. The highest BCUT2D eigenvalue weighted by Crippen LogP contribution is 2.25. The SMILES string of the molecule is CCN(CC)c1ccc(NC(=O)c2ccc(F)cc2)cc1C(=O)O.O=C(O)C(F)(F)F. The molecule has 0 spiro atoms. The average Bonchev–Trinajstić information content (AvgIpc) is 2.69. The van der Waals surface area contributed by atoms with Crippen molar-refractivity contribution in [2.75, 3.05) is 23.3 Å². The third-order valence-corrected chi connectivity index (χ3v) is 3.94. The maximum Gasteiger partial charge on any atom is 0.490 e. The number of hydrogen-bond donors (Lipinski definition) is 3. The minimum absolute atomic E-state index is 0.121. The molecule has 7 nitrogen and oxygen atoms in total. The number of carbonyl (C=O) groups is 3. The van der Waals surface area contributed by atoms with Crippen molar-refractivity contribution < 1.29 is 42.2 Å². The number of rotatable bonds is 6. The van der Waals surface area contributed by atoms with E-state index in [0.29, 0.717) is 30.0 Å². The number of nitrogens with zero attached hydrogens (tertiary/aromatic N) is 1. The highest BCUT2D eigenvalue weighted by atomic mass is 19.4. The van der Waals surface area contributed by atoms with Gasteiger partial charge in [0.05, 0.1) is 11.3 Å². The van der Waals surface area contributed by atoms with Crippen LogP contribution in [0.25, 0.3) is 0 Å². The quantitative estimate of drug-likeness (QED) is 0.575. The summed E-state index contributed by atoms with van der Waals surface area (Å²) >= 11 is 0. The molecule has 2 rings (SSSR count). The number of aromatic carboxylic acids is 1. The van der Waals surface area contributed by atoms with Crippen molar-refractivity contribution in [3.8, 4) is 0 Å². The number of carbonyl (C=O) groups excluding carboxylic acids is 1. The van der Waals surface area contributed by atoms with Gasteiger partial charge in [-0.1, -0.05) is 0 Å². The Hall–Kier alpha value is -3.63. The topological polar surface area (TPSA) is 107 Å². The van der Waals surface area contributed by atoms with Gasteiger partial charge in [0.25, 0.3) is 5.91 Å². The van der Waals surface area contributed by atoms with Crippen LogP contribution >= 0.6 is 0 Å². The Morgan fingerprint density at radius 2 is 1.48 bits per heavy atom. The molecule has 0 radical (unpaired) electrons. The third-order valence-electron chi connectivity index (χ3n) is 3.94. The Bertz CT molecular complexity index is 926. The summed E-state index contributed by atoms with van der Waals surface area (Å²) in [6.07, 6.45) is -5.08. The molecule has 0 atom stereocenters. The molecule has 0 aliphatic carbocycles. The van der Waals surface area contributed by atoms with Crippen LogP contribution in [0.3, 0.4) is 0 Å². The van der Waals surface area contributed by atoms with Crippen LogP contribution in [0.15, 0.2) is 42.5 Å². The van der Waals surface area contributed by atoms with E-state index < -0.39 is 29.8 Å². The summed E-state index contributed by atoms with van der Waals surface area (Å²) in [5, 5.41) is 19.2. The number of amides is 1. The normalized spacial score (nSPS) is 10.5. The van der Waals surface area contributed by atoms with E-state index >= 15 is 0 Å². The van der Waals surface area contributed by atoms with E-state index in [-0.39, 0.29) is 5.56 Å². The van der Waals surface area contributed by atoms with Gasteiger partial charge in [0, 0.05) is 24.3 Å². The van der Waals surface area contributed by atoms with Gasteiger partial charge in [-0.3, -0.25) is 4.79 Å². The van der Waals surface area contributed by atoms with Crippen molar-refractivity contribution in [3.05, 3.63) is 59.4 Å². The van der Waals surface area contributed by atoms with Gasteiger partial charge in [-0.05, 0) is 56.3 Å². The lowest BCUT2D eigenvalue weighted by Crippen LogP contribution is -2.24. The van der Waals surface area contributed by atoms with Gasteiger partial charge in [-0.25, -0.2) is 14.0 Å². The average molecular weight is 444 g/mol. The Morgan fingerprint density at radius 3 is 1.90 bits per heavy atom. The van der Waals surface area contributed by atoms with E-state index in [9.17, 15) is 32.3 Å². The van der Waals surface area contributed by atoms with Gasteiger partial charge in [-0.15, -0.1) is 0 Å². The van der Waals surface area contributed by atoms with E-state index in [0.717, 1.165) is 0 Å². The number of carboxylic acids is 2. The second kappa shape index (κ2) is 11.0. The summed E-state index contributed by atoms with van der Waals surface area (Å²) < 4.78 is 44.6. The zero-order chi connectivity index (χ0) is 23.8. The Morgan fingerprint density at radius 1 is 0.968 bits per heavy atom. The molecular formula is C20H20F4N2O5. The van der Waals surface area contributed by atoms with Crippen molar-refractivity contribution in [1.29, 1.82) is 0 Å². The van der Waals surface area contributed by atoms with Crippen molar-refractivity contribution >= 4 is 29.2 Å². The lowest BCUT2D eigenvalue weighted by molar-refractivity contribution is -0.192. The highest BCUT2D eigenvalue weighted by Gasteiger charge is 2.38. The molecule has 31 heavy (non-hydrogen) atoms. The Kier molecular flexibility index (Phi) is 8.97. The van der Waals surface area contributed by atoms with E-state index in [1.54, 1.807) is 12.1 Å². The number of anilines is 2. The molecule has 0 unspecified atom stereocenters. The number of hydrogen-bond acceptors (Lipinski definition) is 4. The monoisotopic (exact) mass is 444 g/mol. The first-order chi connectivity index (χ1) is 14.4. The summed E-state index contributed by atoms with van der Waals surface area (Å²) in [5.41, 5.74) is 1.39. The molecule has 0 aliphatic heterocycles. The molecule has 168 valence electrons. The highest BCUT2D eigenvalue weighted by molar-refractivity contribution is 6.05. The second-order valence-electron chi connectivity index (χ2n) is 5.97. The Labute approximate surface area is 174 Å². The van der Waals surface area contributed by atoms with Crippen LogP contribution in [0, 0.1) is 5.82 Å². The number of alkyl halides is 3. The van der Waals surface area contributed by atoms with Crippen LogP contribution in [-0.2, 0) is 4.79 Å². The van der Waals surface area contributed by atoms with Gasteiger partial charge >= 0.3 is 18.1 Å². The van der Waals surface area contributed by atoms with Crippen molar-refractivity contribution in [2.24, 2.45) is 0 Å². The fourth-order valence-electron chi connectivity index (χ4n) is 2.43. The smallest absolute Gasteiger partial charge is 0.478 e. The van der Waals surface area contributed by atoms with Gasteiger partial charge in [-0.2, -0.15) is 13.2 Å². The lowest BCUT2D eigenvalue weighted by atomic mass is 10.1. The molecule has 0 fully saturated rings. The molecule has 3 N–H and O–H groups in total. The molecule has 0 saturated heterocycles. The summed E-state index contributed by atoms with van der Waals surface area (Å²) in [5.74, 6) is -4.67. The van der Waals surface area contributed by atoms with Crippen molar-refractivity contribution in [1.82, 2.24) is 0 Å². The van der Waals surface area contributed by atoms with E-state index in [2.05, 4.69) is 5.32 Å². The van der Waals surface area contributed by atoms with Crippen molar-refractivity contribution in [2.45, 2.75) is 20.0 Å². The fourth-order valence-corrected chi connectivity index (χ4v) is 2.43. The van der Waals surface area contributed by atoms with Crippen LogP contribution < -0.4 is 10.2 Å². The predicted octanol–water partition coefficient (Wildman–Crippen LogP) is 4.26. The fraction of sp³-hybridized carbons (Fsp3) is 0.250. The minimum atomic E-state index is -5.08. The van der Waals surface area contributed by atoms with Gasteiger partial charge < -0.3 is 20.4 Å². The first-order valence-electron chi connectivity index (χ1n) is 8.90. The molecule has 0 heterocycles. The maximum absolute atomic E-state index is 12.9. The van der Waals surface area contributed by atoms with Crippen LogP contribution in [-0.4, -0.2) is 47.3 Å². The van der Waals surface area contributed by atoms with E-state index in [4.69, 9.17) is 9.90 Å². The van der Waals surface area contributed by atoms with Crippen LogP contribution in [0.4, 0.5) is 28.9 Å². The standard InChI is InChI=1S/C18H19FN2O3.C2HF3O2/c1-3-21(4-2)16-10-9-14(11-15(16)18(23)24)20-17(22)12-5-7-13(19)8-6-12;3-2(4,5)1(6)7/h5-11H,3-4H2,1-2H3,(H,20,22)(H,23,24);(H,6,7). The molecule has 0 saturated carbocycles. The number of halogens is 4. The lowest BCUT2D eigenvalue weighted by Gasteiger charge is -2.23. The predicted molar refractivity (Wildman–Crippen MR) is 105 cm³/mol. The molecular weight excluding hydrogens is 424 g/mol. The molecule has 0 bridgehead atoms. The summed E-state index contributed by atoms with van der Waals surface area (Å²) in [4.78, 5) is 34.5. The largest absolute Gasteiger partial charge is 0.490 e. The maximum atomic E-state index is 12.9. The number of nitrogens with one attached hydrogen (secondary N) is 1. The van der Waals surface area contributed by atoms with E-state index in [1.165, 1.54) is 30.3 Å². The third kappa shape index (κ3) is 7.61. The zero-order valence-electron chi connectivity index (χ0n) is 16.5. The molecule has 0 aliphatic rings. The Balaban J connectivity index is 0.000000592. The van der Waals surface area contributed by atoms with Gasteiger partial charge in [0.1, 0.15) is 5.82 Å².